The van der Waals surface area contributed by atoms with Crippen LogP contribution in [0.15, 0.2) is 28.9 Å². The highest BCUT2D eigenvalue weighted by atomic mass is 19.1. The van der Waals surface area contributed by atoms with E-state index in [0.29, 0.717) is 0 Å². The molecule has 5 nitrogen and oxygen atoms in total. The number of rotatable bonds is 5. The molecule has 0 saturated carbocycles. The summed E-state index contributed by atoms with van der Waals surface area (Å²) in [6, 6.07) is 2.55. The minimum atomic E-state index is -0.885. The molecule has 1 N–H and O–H groups in total. The van der Waals surface area contributed by atoms with Crippen LogP contribution in [-0.2, 0) is 9.53 Å². The van der Waals surface area contributed by atoms with Gasteiger partial charge in [0.1, 0.15) is 23.0 Å². The van der Waals surface area contributed by atoms with Gasteiger partial charge in [-0.1, -0.05) is 0 Å². The van der Waals surface area contributed by atoms with Crippen molar-refractivity contribution in [2.75, 3.05) is 20.7 Å². The van der Waals surface area contributed by atoms with Crippen LogP contribution in [0.1, 0.15) is 12.5 Å². The van der Waals surface area contributed by atoms with Crippen molar-refractivity contribution in [3.8, 4) is 0 Å². The van der Waals surface area contributed by atoms with Crippen LogP contribution in [0.4, 0.5) is 8.78 Å². The molecule has 0 atom stereocenters. The molecule has 7 heteroatoms. The van der Waals surface area contributed by atoms with Crippen LogP contribution in [0.25, 0.3) is 5.76 Å². The first-order valence-corrected chi connectivity index (χ1v) is 6.13. The Bertz CT molecular complexity index is 584. The Morgan fingerprint density at radius 1 is 1.43 bits per heavy atom. The largest absolute Gasteiger partial charge is 0.506 e. The van der Waals surface area contributed by atoms with Gasteiger partial charge in [0.25, 0.3) is 0 Å². The summed E-state index contributed by atoms with van der Waals surface area (Å²) in [7, 11) is 3.19. The second-order valence-corrected chi connectivity index (χ2v) is 4.20. The lowest BCUT2D eigenvalue weighted by Gasteiger charge is -2.09. The van der Waals surface area contributed by atoms with Gasteiger partial charge < -0.3 is 14.9 Å². The molecule has 0 aromatic heterocycles. The second-order valence-electron chi connectivity index (χ2n) is 4.20. The van der Waals surface area contributed by atoms with Crippen LogP contribution in [0.3, 0.4) is 0 Å². The van der Waals surface area contributed by atoms with Gasteiger partial charge in [-0.2, -0.15) is 5.10 Å². The molecule has 0 aliphatic heterocycles. The Morgan fingerprint density at radius 3 is 2.67 bits per heavy atom. The molecule has 0 unspecified atom stereocenters. The van der Waals surface area contributed by atoms with E-state index in [1.807, 2.05) is 0 Å². The summed E-state index contributed by atoms with van der Waals surface area (Å²) in [4.78, 5) is 11.8. The molecule has 0 fully saturated rings. The number of esters is 1. The first kappa shape index (κ1) is 16.6. The monoisotopic (exact) mass is 298 g/mol. The van der Waals surface area contributed by atoms with E-state index in [1.54, 1.807) is 21.0 Å². The number of hydrogen-bond donors (Lipinski definition) is 1. The molecular weight excluding hydrogens is 282 g/mol. The SMILES string of the molecule is CCOC(=O)C(C=NN(C)C)=C(O)c1cc(F)ccc1F. The minimum Gasteiger partial charge on any atom is -0.506 e. The van der Waals surface area contributed by atoms with E-state index in [4.69, 9.17) is 4.74 Å². The highest BCUT2D eigenvalue weighted by molar-refractivity contribution is 6.15. The van der Waals surface area contributed by atoms with Gasteiger partial charge in [-0.3, -0.25) is 0 Å². The maximum atomic E-state index is 13.7. The Morgan fingerprint density at radius 2 is 2.10 bits per heavy atom. The van der Waals surface area contributed by atoms with Crippen molar-refractivity contribution in [1.82, 2.24) is 5.01 Å². The summed E-state index contributed by atoms with van der Waals surface area (Å²) in [5.41, 5.74) is -0.807. The fourth-order valence-corrected chi connectivity index (χ4v) is 1.42. The van der Waals surface area contributed by atoms with E-state index >= 15 is 0 Å². The highest BCUT2D eigenvalue weighted by Gasteiger charge is 2.19. The maximum absolute atomic E-state index is 13.7. The van der Waals surface area contributed by atoms with Gasteiger partial charge in [-0.25, -0.2) is 13.6 Å². The van der Waals surface area contributed by atoms with Crippen molar-refractivity contribution < 1.29 is 23.4 Å². The third-order valence-electron chi connectivity index (χ3n) is 2.35. The number of carbonyl (C=O) groups is 1. The van der Waals surface area contributed by atoms with E-state index in [-0.39, 0.29) is 12.2 Å². The molecular formula is C14H16F2N2O3. The standard InChI is InChI=1S/C14H16F2N2O3/c1-4-21-14(20)11(8-17-18(2)3)13(19)10-7-9(15)5-6-12(10)16/h5-8,19H,4H2,1-3H3. The maximum Gasteiger partial charge on any atom is 0.343 e. The van der Waals surface area contributed by atoms with E-state index in [2.05, 4.69) is 5.10 Å². The van der Waals surface area contributed by atoms with Gasteiger partial charge >= 0.3 is 5.97 Å². The minimum absolute atomic E-state index is 0.0665. The lowest BCUT2D eigenvalue weighted by molar-refractivity contribution is -0.137. The lowest BCUT2D eigenvalue weighted by Crippen LogP contribution is -2.13. The number of benzene rings is 1. The van der Waals surface area contributed by atoms with E-state index < -0.39 is 28.9 Å². The molecule has 0 amide bonds. The van der Waals surface area contributed by atoms with Crippen molar-refractivity contribution in [3.05, 3.63) is 41.0 Å². The average molecular weight is 298 g/mol. The van der Waals surface area contributed by atoms with E-state index in [1.165, 1.54) is 5.01 Å². The van der Waals surface area contributed by atoms with Crippen LogP contribution in [-0.4, -0.2) is 43.0 Å². The molecule has 0 aliphatic carbocycles. The first-order valence-electron chi connectivity index (χ1n) is 6.13. The Balaban J connectivity index is 3.37. The molecule has 1 aromatic carbocycles. The number of hydrazone groups is 1. The molecule has 1 rings (SSSR count). The van der Waals surface area contributed by atoms with E-state index in [9.17, 15) is 18.7 Å². The van der Waals surface area contributed by atoms with Crippen molar-refractivity contribution in [1.29, 1.82) is 0 Å². The zero-order valence-corrected chi connectivity index (χ0v) is 11.9. The second kappa shape index (κ2) is 7.37. The summed E-state index contributed by atoms with van der Waals surface area (Å²) in [5.74, 6) is -3.24. The van der Waals surface area contributed by atoms with Gasteiger partial charge in [-0.05, 0) is 25.1 Å². The molecule has 114 valence electrons. The number of halogens is 2. The van der Waals surface area contributed by atoms with Gasteiger partial charge in [-0.15, -0.1) is 0 Å². The smallest absolute Gasteiger partial charge is 0.343 e. The molecule has 1 aromatic rings. The van der Waals surface area contributed by atoms with Gasteiger partial charge in [0.2, 0.25) is 0 Å². The predicted octanol–water partition coefficient (Wildman–Crippen LogP) is 2.34. The number of hydrogen-bond acceptors (Lipinski definition) is 5. The Kier molecular flexibility index (Phi) is 5.83. The molecule has 21 heavy (non-hydrogen) atoms. The lowest BCUT2D eigenvalue weighted by atomic mass is 10.1. The quantitative estimate of drug-likeness (QED) is 0.298. The molecule has 0 spiro atoms. The first-order chi connectivity index (χ1) is 9.86. The number of ether oxygens (including phenoxy) is 1. The van der Waals surface area contributed by atoms with Gasteiger partial charge in [0.15, 0.2) is 0 Å². The molecule has 0 radical (unpaired) electrons. The summed E-state index contributed by atoms with van der Waals surface area (Å²) < 4.78 is 31.6. The fourth-order valence-electron chi connectivity index (χ4n) is 1.42. The van der Waals surface area contributed by atoms with E-state index in [0.717, 1.165) is 24.4 Å². The third-order valence-corrected chi connectivity index (χ3v) is 2.35. The fraction of sp³-hybridized carbons (Fsp3) is 0.286. The van der Waals surface area contributed by atoms with Crippen LogP contribution < -0.4 is 0 Å². The average Bonchev–Trinajstić information content (AvgIpc) is 2.41. The summed E-state index contributed by atoms with van der Waals surface area (Å²) in [6.45, 7) is 1.65. The zero-order valence-electron chi connectivity index (χ0n) is 11.9. The van der Waals surface area contributed by atoms with Crippen LogP contribution in [0.2, 0.25) is 0 Å². The van der Waals surface area contributed by atoms with Crippen molar-refractivity contribution >= 4 is 17.9 Å². The molecule has 0 aliphatic rings. The van der Waals surface area contributed by atoms with Gasteiger partial charge in [0, 0.05) is 14.1 Å². The van der Waals surface area contributed by atoms with Crippen molar-refractivity contribution in [2.24, 2.45) is 5.10 Å². The summed E-state index contributed by atoms with van der Waals surface area (Å²) in [5, 5.41) is 15.2. The predicted molar refractivity (Wildman–Crippen MR) is 74.7 cm³/mol. The van der Waals surface area contributed by atoms with Crippen LogP contribution in [0, 0.1) is 11.6 Å². The Hall–Kier alpha value is -2.44. The number of aliphatic hydroxyl groups is 1. The zero-order chi connectivity index (χ0) is 16.0. The topological polar surface area (TPSA) is 62.1 Å². The molecule has 0 bridgehead atoms. The highest BCUT2D eigenvalue weighted by Crippen LogP contribution is 2.20. The molecule has 0 saturated heterocycles. The third kappa shape index (κ3) is 4.55. The summed E-state index contributed by atoms with van der Waals surface area (Å²) in [6.07, 6.45) is 1.03. The van der Waals surface area contributed by atoms with Crippen LogP contribution in [0.5, 0.6) is 0 Å². The van der Waals surface area contributed by atoms with Crippen molar-refractivity contribution in [3.63, 3.8) is 0 Å². The van der Waals surface area contributed by atoms with Crippen molar-refractivity contribution in [2.45, 2.75) is 6.92 Å². The molecule has 0 heterocycles. The Labute approximate surface area is 121 Å². The number of aliphatic hydroxyl groups excluding tert-OH is 1. The number of carbonyl (C=O) groups excluding carboxylic acids is 1. The number of nitrogens with zero attached hydrogens (tertiary/aromatic N) is 2. The normalized spacial score (nSPS) is 12.2. The summed E-state index contributed by atoms with van der Waals surface area (Å²) >= 11 is 0. The van der Waals surface area contributed by atoms with Gasteiger partial charge in [0.05, 0.1) is 18.4 Å². The van der Waals surface area contributed by atoms with Crippen LogP contribution >= 0.6 is 0 Å².